The predicted octanol–water partition coefficient (Wildman–Crippen LogP) is 6.20. The van der Waals surface area contributed by atoms with Crippen LogP contribution in [0.25, 0.3) is 0 Å². The number of aromatic hydroxyl groups is 1. The second-order valence-electron chi connectivity index (χ2n) is 10.4. The fourth-order valence-corrected chi connectivity index (χ4v) is 5.69. The van der Waals surface area contributed by atoms with Crippen molar-refractivity contribution in [3.63, 3.8) is 0 Å². The van der Waals surface area contributed by atoms with Gasteiger partial charge in [0.25, 0.3) is 0 Å². The molecular weight excluding hydrogens is 372 g/mol. The van der Waals surface area contributed by atoms with Gasteiger partial charge in [0.05, 0.1) is 6.33 Å². The highest BCUT2D eigenvalue weighted by Crippen LogP contribution is 2.55. The van der Waals surface area contributed by atoms with Crippen molar-refractivity contribution >= 4 is 0 Å². The second kappa shape index (κ2) is 7.47. The second-order valence-corrected chi connectivity index (χ2v) is 10.4. The molecule has 4 nitrogen and oxygen atoms in total. The van der Waals surface area contributed by atoms with Gasteiger partial charge in [-0.15, -0.1) is 0 Å². The molecule has 2 heterocycles. The van der Waals surface area contributed by atoms with Crippen molar-refractivity contribution in [1.82, 2.24) is 9.55 Å². The summed E-state index contributed by atoms with van der Waals surface area (Å²) in [6.07, 6.45) is 11.1. The Bertz CT molecular complexity index is 940. The van der Waals surface area contributed by atoms with Gasteiger partial charge in [-0.1, -0.05) is 38.8 Å². The summed E-state index contributed by atoms with van der Waals surface area (Å²) in [7, 11) is 0. The number of ether oxygens (including phenoxy) is 1. The van der Waals surface area contributed by atoms with E-state index in [-0.39, 0.29) is 11.0 Å². The molecule has 162 valence electrons. The van der Waals surface area contributed by atoms with Crippen LogP contribution in [0, 0.1) is 11.8 Å². The number of imidazole rings is 1. The van der Waals surface area contributed by atoms with Crippen LogP contribution < -0.4 is 4.74 Å². The van der Waals surface area contributed by atoms with Gasteiger partial charge >= 0.3 is 0 Å². The van der Waals surface area contributed by atoms with E-state index in [2.05, 4.69) is 63.2 Å². The van der Waals surface area contributed by atoms with Crippen LogP contribution in [0.1, 0.15) is 77.8 Å². The molecule has 0 spiro atoms. The summed E-state index contributed by atoms with van der Waals surface area (Å²) in [5.74, 6) is 2.39. The van der Waals surface area contributed by atoms with Crippen molar-refractivity contribution < 1.29 is 9.84 Å². The van der Waals surface area contributed by atoms with Crippen molar-refractivity contribution in [2.24, 2.45) is 11.8 Å². The third kappa shape index (κ3) is 3.55. The fourth-order valence-electron chi connectivity index (χ4n) is 5.69. The van der Waals surface area contributed by atoms with Crippen LogP contribution in [0.4, 0.5) is 0 Å². The lowest BCUT2D eigenvalue weighted by molar-refractivity contribution is 0.00735. The number of aromatic nitrogens is 2. The lowest BCUT2D eigenvalue weighted by Gasteiger charge is -2.47. The largest absolute Gasteiger partial charge is 0.508 e. The molecule has 0 radical (unpaired) electrons. The summed E-state index contributed by atoms with van der Waals surface area (Å²) in [5.41, 5.74) is 3.20. The molecule has 3 atom stereocenters. The molecule has 4 rings (SSSR count). The average molecular weight is 409 g/mol. The van der Waals surface area contributed by atoms with E-state index in [4.69, 9.17) is 4.74 Å². The maximum atomic E-state index is 11.2. The molecule has 0 saturated heterocycles. The first-order valence-electron chi connectivity index (χ1n) is 11.3. The van der Waals surface area contributed by atoms with Crippen LogP contribution in [0.2, 0.25) is 0 Å². The summed E-state index contributed by atoms with van der Waals surface area (Å²) < 4.78 is 8.70. The molecule has 1 aromatic carbocycles. The molecular formula is C26H36N2O2. The number of phenolic OH excluding ortho intramolecular Hbond substituents is 1. The van der Waals surface area contributed by atoms with E-state index in [1.807, 2.05) is 24.8 Å². The Morgan fingerprint density at radius 3 is 2.77 bits per heavy atom. The Kier molecular flexibility index (Phi) is 5.24. The number of hydrogen-bond acceptors (Lipinski definition) is 3. The molecule has 2 unspecified atom stereocenters. The van der Waals surface area contributed by atoms with E-state index < -0.39 is 0 Å². The highest BCUT2D eigenvalue weighted by Gasteiger charge is 2.46. The molecule has 30 heavy (non-hydrogen) atoms. The Hall–Kier alpha value is -2.23. The number of nitrogens with zero attached hydrogens (tertiary/aromatic N) is 2. The summed E-state index contributed by atoms with van der Waals surface area (Å²) in [5, 5.41) is 11.2. The number of fused-ring (bicyclic) bond motifs is 3. The molecule has 0 saturated carbocycles. The Labute approximate surface area is 181 Å². The molecule has 1 N–H and O–H groups in total. The van der Waals surface area contributed by atoms with Gasteiger partial charge in [0.1, 0.15) is 17.1 Å². The average Bonchev–Trinajstić information content (AvgIpc) is 3.17. The smallest absolute Gasteiger partial charge is 0.127 e. The summed E-state index contributed by atoms with van der Waals surface area (Å²) >= 11 is 0. The van der Waals surface area contributed by atoms with Crippen molar-refractivity contribution in [1.29, 1.82) is 0 Å². The molecule has 1 aliphatic carbocycles. The third-order valence-electron chi connectivity index (χ3n) is 7.75. The summed E-state index contributed by atoms with van der Waals surface area (Å²) in [4.78, 5) is 4.19. The lowest BCUT2D eigenvalue weighted by atomic mass is 9.66. The van der Waals surface area contributed by atoms with Crippen molar-refractivity contribution in [3.05, 3.63) is 53.6 Å². The van der Waals surface area contributed by atoms with Crippen molar-refractivity contribution in [2.45, 2.75) is 84.3 Å². The van der Waals surface area contributed by atoms with Gasteiger partial charge in [-0.3, -0.25) is 0 Å². The lowest BCUT2D eigenvalue weighted by Crippen LogP contribution is -2.45. The molecule has 2 aromatic rings. The topological polar surface area (TPSA) is 47.3 Å². The zero-order chi connectivity index (χ0) is 21.7. The van der Waals surface area contributed by atoms with Gasteiger partial charge < -0.3 is 14.4 Å². The van der Waals surface area contributed by atoms with E-state index in [9.17, 15) is 5.11 Å². The normalized spacial score (nSPS) is 23.7. The van der Waals surface area contributed by atoms with Gasteiger partial charge in [-0.25, -0.2) is 4.98 Å². The molecule has 2 aliphatic rings. The minimum absolute atomic E-state index is 0.113. The Morgan fingerprint density at radius 2 is 2.10 bits per heavy atom. The number of phenols is 1. The van der Waals surface area contributed by atoms with Gasteiger partial charge in [-0.2, -0.15) is 0 Å². The third-order valence-corrected chi connectivity index (χ3v) is 7.75. The first-order valence-corrected chi connectivity index (χ1v) is 11.3. The van der Waals surface area contributed by atoms with E-state index in [0.717, 1.165) is 42.7 Å². The van der Waals surface area contributed by atoms with Gasteiger partial charge in [0, 0.05) is 36.3 Å². The first-order chi connectivity index (χ1) is 14.1. The maximum absolute atomic E-state index is 11.2. The summed E-state index contributed by atoms with van der Waals surface area (Å²) in [6, 6.07) is 4.21. The van der Waals surface area contributed by atoms with Crippen LogP contribution in [0.3, 0.4) is 0 Å². The minimum atomic E-state index is -0.245. The Balaban J connectivity index is 1.73. The first kappa shape index (κ1) is 21.0. The number of benzene rings is 1. The SMILES string of the molecule is CCC(Cn1ccnc1)C(C)(C)c1cc(O)c2c(c1)OC(C)(C)C1CC=C(C)C[C@@H]21. The van der Waals surface area contributed by atoms with E-state index >= 15 is 0 Å². The zero-order valence-corrected chi connectivity index (χ0v) is 19.3. The Morgan fingerprint density at radius 1 is 1.33 bits per heavy atom. The van der Waals surface area contributed by atoms with E-state index in [1.54, 1.807) is 0 Å². The van der Waals surface area contributed by atoms with E-state index in [0.29, 0.717) is 23.5 Å². The summed E-state index contributed by atoms with van der Waals surface area (Å²) in [6.45, 7) is 14.3. The zero-order valence-electron chi connectivity index (χ0n) is 19.3. The van der Waals surface area contributed by atoms with Crippen molar-refractivity contribution in [2.75, 3.05) is 0 Å². The number of hydrogen-bond donors (Lipinski definition) is 1. The predicted molar refractivity (Wildman–Crippen MR) is 121 cm³/mol. The highest BCUT2D eigenvalue weighted by molar-refractivity contribution is 5.54. The van der Waals surface area contributed by atoms with Crippen LogP contribution in [0.5, 0.6) is 11.5 Å². The van der Waals surface area contributed by atoms with Gasteiger partial charge in [0.15, 0.2) is 0 Å². The number of allylic oxidation sites excluding steroid dienone is 2. The van der Waals surface area contributed by atoms with Crippen LogP contribution in [-0.4, -0.2) is 20.3 Å². The fraction of sp³-hybridized carbons (Fsp3) is 0.577. The van der Waals surface area contributed by atoms with E-state index in [1.165, 1.54) is 5.57 Å². The molecule has 0 amide bonds. The molecule has 4 heteroatoms. The van der Waals surface area contributed by atoms with Gasteiger partial charge in [-0.05, 0) is 62.6 Å². The number of rotatable bonds is 5. The monoisotopic (exact) mass is 408 g/mol. The van der Waals surface area contributed by atoms with Crippen LogP contribution in [-0.2, 0) is 12.0 Å². The van der Waals surface area contributed by atoms with Crippen molar-refractivity contribution in [3.8, 4) is 11.5 Å². The van der Waals surface area contributed by atoms with Crippen LogP contribution in [0.15, 0.2) is 42.5 Å². The molecule has 0 bridgehead atoms. The molecule has 1 aromatic heterocycles. The highest BCUT2D eigenvalue weighted by atomic mass is 16.5. The quantitative estimate of drug-likeness (QED) is 0.599. The minimum Gasteiger partial charge on any atom is -0.508 e. The standard InChI is InChI=1S/C26H36N2O2/c1-7-18(15-28-11-10-27-16-28)25(3,4)19-13-22(29)24-20-12-17(2)8-9-21(20)26(5,6)30-23(24)14-19/h8,10-11,13-14,16,18,20-21,29H,7,9,12,15H2,1-6H3/t18?,20-,21?/m1/s1. The van der Waals surface area contributed by atoms with Crippen LogP contribution >= 0.6 is 0 Å². The maximum Gasteiger partial charge on any atom is 0.127 e. The molecule has 0 fully saturated rings. The van der Waals surface area contributed by atoms with Gasteiger partial charge in [0.2, 0.25) is 0 Å². The molecule has 1 aliphatic heterocycles.